The summed E-state index contributed by atoms with van der Waals surface area (Å²) in [6.45, 7) is -0.768. The highest BCUT2D eigenvalue weighted by atomic mass is 19.1. The van der Waals surface area contributed by atoms with Crippen LogP contribution in [-0.4, -0.2) is 46.6 Å². The van der Waals surface area contributed by atoms with E-state index in [1.165, 1.54) is 0 Å². The molecule has 3 atom stereocenters. The van der Waals surface area contributed by atoms with Gasteiger partial charge in [0.05, 0.1) is 6.61 Å². The standard InChI is InChI=1S/C5H9FO4/c6-3(1-7)5(10)4(9)2-8/h1,3-5,8-10H,2H2/t3-,4-,5+/m1/s1. The Hall–Kier alpha value is -0.520. The molecule has 0 aliphatic heterocycles. The molecule has 0 heterocycles. The van der Waals surface area contributed by atoms with Crippen LogP contribution in [0.4, 0.5) is 4.39 Å². The Labute approximate surface area is 56.9 Å². The van der Waals surface area contributed by atoms with Gasteiger partial charge in [0.25, 0.3) is 0 Å². The van der Waals surface area contributed by atoms with E-state index in [9.17, 15) is 9.18 Å². The first-order valence-corrected chi connectivity index (χ1v) is 2.69. The molecule has 0 saturated carbocycles. The zero-order valence-corrected chi connectivity index (χ0v) is 5.14. The van der Waals surface area contributed by atoms with E-state index in [1.54, 1.807) is 0 Å². The average Bonchev–Trinajstić information content (AvgIpc) is 2.00. The van der Waals surface area contributed by atoms with Gasteiger partial charge in [0.15, 0.2) is 12.5 Å². The predicted molar refractivity (Wildman–Crippen MR) is 30.1 cm³/mol. The number of rotatable bonds is 4. The molecule has 0 fully saturated rings. The molecule has 0 unspecified atom stereocenters. The summed E-state index contributed by atoms with van der Waals surface area (Å²) in [6.07, 6.45) is -5.70. The van der Waals surface area contributed by atoms with Crippen molar-refractivity contribution >= 4 is 6.29 Å². The summed E-state index contributed by atoms with van der Waals surface area (Å²) in [7, 11) is 0. The smallest absolute Gasteiger partial charge is 0.183 e. The van der Waals surface area contributed by atoms with Gasteiger partial charge in [0.1, 0.15) is 12.2 Å². The molecule has 3 N–H and O–H groups in total. The van der Waals surface area contributed by atoms with E-state index < -0.39 is 25.0 Å². The molecule has 0 aliphatic carbocycles. The van der Waals surface area contributed by atoms with Crippen molar-refractivity contribution in [2.45, 2.75) is 18.4 Å². The highest BCUT2D eigenvalue weighted by Gasteiger charge is 2.24. The summed E-state index contributed by atoms with van der Waals surface area (Å²) in [5.41, 5.74) is 0. The van der Waals surface area contributed by atoms with E-state index in [-0.39, 0.29) is 6.29 Å². The van der Waals surface area contributed by atoms with Crippen molar-refractivity contribution in [3.05, 3.63) is 0 Å². The van der Waals surface area contributed by atoms with Crippen LogP contribution in [0.25, 0.3) is 0 Å². The molecule has 0 rings (SSSR count). The molecule has 0 bridgehead atoms. The quantitative estimate of drug-likeness (QED) is 0.417. The molecule has 60 valence electrons. The second kappa shape index (κ2) is 4.32. The van der Waals surface area contributed by atoms with Crippen molar-refractivity contribution in [2.24, 2.45) is 0 Å². The minimum Gasteiger partial charge on any atom is -0.394 e. The van der Waals surface area contributed by atoms with Gasteiger partial charge in [0.2, 0.25) is 0 Å². The average molecular weight is 152 g/mol. The van der Waals surface area contributed by atoms with E-state index in [0.29, 0.717) is 0 Å². The van der Waals surface area contributed by atoms with E-state index in [4.69, 9.17) is 15.3 Å². The fourth-order valence-corrected chi connectivity index (χ4v) is 0.401. The summed E-state index contributed by atoms with van der Waals surface area (Å²) < 4.78 is 12.1. The van der Waals surface area contributed by atoms with Crippen molar-refractivity contribution in [3.63, 3.8) is 0 Å². The Kier molecular flexibility index (Phi) is 4.10. The van der Waals surface area contributed by atoms with Gasteiger partial charge < -0.3 is 20.1 Å². The number of aliphatic hydroxyl groups is 3. The van der Waals surface area contributed by atoms with Gasteiger partial charge >= 0.3 is 0 Å². The van der Waals surface area contributed by atoms with Crippen LogP contribution >= 0.6 is 0 Å². The monoisotopic (exact) mass is 152 g/mol. The molecule has 0 spiro atoms. The first kappa shape index (κ1) is 9.48. The lowest BCUT2D eigenvalue weighted by atomic mass is 10.1. The van der Waals surface area contributed by atoms with Crippen LogP contribution in [0.5, 0.6) is 0 Å². The SMILES string of the molecule is O=C[C@@H](F)[C@H](O)[C@H](O)CO. The first-order chi connectivity index (χ1) is 4.63. The molecule has 0 radical (unpaired) electrons. The second-order valence-corrected chi connectivity index (χ2v) is 1.82. The topological polar surface area (TPSA) is 77.8 Å². The number of aldehydes is 1. The Morgan fingerprint density at radius 3 is 2.30 bits per heavy atom. The normalized spacial score (nSPS) is 19.6. The molecular weight excluding hydrogens is 143 g/mol. The number of hydrogen-bond donors (Lipinski definition) is 3. The summed E-state index contributed by atoms with van der Waals surface area (Å²) in [4.78, 5) is 9.64. The first-order valence-electron chi connectivity index (χ1n) is 2.69. The fraction of sp³-hybridized carbons (Fsp3) is 0.800. The molecule has 5 heteroatoms. The maximum Gasteiger partial charge on any atom is 0.183 e. The third-order valence-corrected chi connectivity index (χ3v) is 1.04. The van der Waals surface area contributed by atoms with E-state index in [1.807, 2.05) is 0 Å². The van der Waals surface area contributed by atoms with Gasteiger partial charge in [-0.1, -0.05) is 0 Å². The molecule has 0 aromatic carbocycles. The number of alkyl halides is 1. The highest BCUT2D eigenvalue weighted by Crippen LogP contribution is 2.00. The fourth-order valence-electron chi connectivity index (χ4n) is 0.401. The van der Waals surface area contributed by atoms with Crippen LogP contribution in [-0.2, 0) is 4.79 Å². The number of carbonyl (C=O) groups is 1. The molecule has 0 saturated heterocycles. The maximum atomic E-state index is 12.1. The Morgan fingerprint density at radius 1 is 1.50 bits per heavy atom. The lowest BCUT2D eigenvalue weighted by Gasteiger charge is -2.14. The van der Waals surface area contributed by atoms with Crippen LogP contribution in [0.1, 0.15) is 0 Å². The third-order valence-electron chi connectivity index (χ3n) is 1.04. The van der Waals surface area contributed by atoms with Gasteiger partial charge in [-0.25, -0.2) is 4.39 Å². The van der Waals surface area contributed by atoms with Gasteiger partial charge in [-0.15, -0.1) is 0 Å². The van der Waals surface area contributed by atoms with Gasteiger partial charge in [-0.3, -0.25) is 0 Å². The minimum atomic E-state index is -2.14. The van der Waals surface area contributed by atoms with Crippen molar-refractivity contribution in [1.82, 2.24) is 0 Å². The Morgan fingerprint density at radius 2 is 2.00 bits per heavy atom. The van der Waals surface area contributed by atoms with E-state index in [2.05, 4.69) is 0 Å². The number of carbonyl (C=O) groups excluding carboxylic acids is 1. The second-order valence-electron chi connectivity index (χ2n) is 1.82. The van der Waals surface area contributed by atoms with Gasteiger partial charge in [0, 0.05) is 0 Å². The van der Waals surface area contributed by atoms with Crippen molar-refractivity contribution in [2.75, 3.05) is 6.61 Å². The lowest BCUT2D eigenvalue weighted by Crippen LogP contribution is -2.37. The van der Waals surface area contributed by atoms with E-state index in [0.717, 1.165) is 0 Å². The van der Waals surface area contributed by atoms with Gasteiger partial charge in [-0.2, -0.15) is 0 Å². The van der Waals surface area contributed by atoms with Crippen LogP contribution in [0.15, 0.2) is 0 Å². The van der Waals surface area contributed by atoms with Crippen LogP contribution < -0.4 is 0 Å². The van der Waals surface area contributed by atoms with Gasteiger partial charge in [-0.05, 0) is 0 Å². The predicted octanol–water partition coefficient (Wildman–Crippen LogP) is -1.76. The molecular formula is C5H9FO4. The lowest BCUT2D eigenvalue weighted by molar-refractivity contribution is -0.120. The molecule has 0 aliphatic rings. The van der Waals surface area contributed by atoms with Crippen LogP contribution in [0, 0.1) is 0 Å². The molecule has 4 nitrogen and oxygen atoms in total. The largest absolute Gasteiger partial charge is 0.394 e. The van der Waals surface area contributed by atoms with Crippen molar-refractivity contribution in [3.8, 4) is 0 Å². The summed E-state index contributed by atoms with van der Waals surface area (Å²) in [6, 6.07) is 0. The van der Waals surface area contributed by atoms with Crippen LogP contribution in [0.3, 0.4) is 0 Å². The summed E-state index contributed by atoms with van der Waals surface area (Å²) in [5, 5.41) is 25.3. The van der Waals surface area contributed by atoms with Crippen molar-refractivity contribution < 1.29 is 24.5 Å². The van der Waals surface area contributed by atoms with E-state index >= 15 is 0 Å². The maximum absolute atomic E-state index is 12.1. The summed E-state index contributed by atoms with van der Waals surface area (Å²) in [5.74, 6) is 0. The highest BCUT2D eigenvalue weighted by molar-refractivity contribution is 5.56. The molecule has 0 aromatic rings. The number of hydrogen-bond acceptors (Lipinski definition) is 4. The molecule has 0 amide bonds. The third kappa shape index (κ3) is 2.38. The number of halogens is 1. The molecule has 0 aromatic heterocycles. The zero-order valence-electron chi connectivity index (χ0n) is 5.14. The Balaban J connectivity index is 3.80. The zero-order chi connectivity index (χ0) is 8.15. The van der Waals surface area contributed by atoms with Crippen molar-refractivity contribution in [1.29, 1.82) is 0 Å². The molecule has 10 heavy (non-hydrogen) atoms. The summed E-state index contributed by atoms with van der Waals surface area (Å²) >= 11 is 0. The minimum absolute atomic E-state index is 0.135. The Bertz CT molecular complexity index is 108. The van der Waals surface area contributed by atoms with Crippen LogP contribution in [0.2, 0.25) is 0 Å². The number of aliphatic hydroxyl groups excluding tert-OH is 3.